The molecule has 0 aliphatic carbocycles. The highest BCUT2D eigenvalue weighted by atomic mass is 16.5. The molecule has 2 nitrogen and oxygen atoms in total. The van der Waals surface area contributed by atoms with Crippen LogP contribution in [0.15, 0.2) is 24.3 Å². The average molecular weight is 275 g/mol. The Balaban J connectivity index is 1.99. The van der Waals surface area contributed by atoms with Crippen molar-refractivity contribution in [2.45, 2.75) is 71.1 Å². The molecule has 2 heteroatoms. The van der Waals surface area contributed by atoms with Gasteiger partial charge in [0.05, 0.1) is 11.2 Å². The lowest BCUT2D eigenvalue weighted by atomic mass is 9.80. The molecule has 0 aromatic heterocycles. The lowest BCUT2D eigenvalue weighted by molar-refractivity contribution is -0.0767. The van der Waals surface area contributed by atoms with Gasteiger partial charge in [-0.3, -0.25) is 0 Å². The molecule has 1 heterocycles. The summed E-state index contributed by atoms with van der Waals surface area (Å²) in [6.07, 6.45) is 3.13. The summed E-state index contributed by atoms with van der Waals surface area (Å²) in [4.78, 5) is 0. The number of ether oxygens (including phenoxy) is 1. The highest BCUT2D eigenvalue weighted by Crippen LogP contribution is 2.43. The standard InChI is InChI=1S/C18H29NO/c1-13-8-6-7-9-14(13)10-11-16(19)15-12-17(2,3)20-18(15,4)5/h6-9,15-16H,10-12,19H2,1-5H3. The first kappa shape index (κ1) is 15.5. The summed E-state index contributed by atoms with van der Waals surface area (Å²) >= 11 is 0. The van der Waals surface area contributed by atoms with Gasteiger partial charge in [0.15, 0.2) is 0 Å². The van der Waals surface area contributed by atoms with Crippen molar-refractivity contribution in [3.63, 3.8) is 0 Å². The third-order valence-corrected chi connectivity index (χ3v) is 4.67. The lowest BCUT2D eigenvalue weighted by Gasteiger charge is -2.31. The first-order valence-corrected chi connectivity index (χ1v) is 7.71. The van der Waals surface area contributed by atoms with E-state index in [9.17, 15) is 0 Å². The highest BCUT2D eigenvalue weighted by Gasteiger charge is 2.47. The van der Waals surface area contributed by atoms with Crippen LogP contribution in [0.1, 0.15) is 51.7 Å². The van der Waals surface area contributed by atoms with Crippen molar-refractivity contribution >= 4 is 0 Å². The third-order valence-electron chi connectivity index (χ3n) is 4.67. The molecule has 0 bridgehead atoms. The predicted molar refractivity (Wildman–Crippen MR) is 84.8 cm³/mol. The molecule has 0 saturated carbocycles. The van der Waals surface area contributed by atoms with E-state index in [-0.39, 0.29) is 17.2 Å². The number of benzene rings is 1. The third kappa shape index (κ3) is 3.42. The Morgan fingerprint density at radius 3 is 2.45 bits per heavy atom. The summed E-state index contributed by atoms with van der Waals surface area (Å²) < 4.78 is 6.17. The van der Waals surface area contributed by atoms with E-state index in [1.807, 2.05) is 0 Å². The maximum Gasteiger partial charge on any atom is 0.0677 e. The molecule has 0 radical (unpaired) electrons. The van der Waals surface area contributed by atoms with Gasteiger partial charge in [0, 0.05) is 12.0 Å². The number of aryl methyl sites for hydroxylation is 2. The molecule has 0 spiro atoms. The van der Waals surface area contributed by atoms with Gasteiger partial charge < -0.3 is 10.5 Å². The fraction of sp³-hybridized carbons (Fsp3) is 0.667. The summed E-state index contributed by atoms with van der Waals surface area (Å²) in [7, 11) is 0. The zero-order valence-electron chi connectivity index (χ0n) is 13.6. The van der Waals surface area contributed by atoms with Gasteiger partial charge in [0.1, 0.15) is 0 Å². The molecular formula is C18H29NO. The lowest BCUT2D eigenvalue weighted by Crippen LogP contribution is -2.41. The van der Waals surface area contributed by atoms with Crippen molar-refractivity contribution in [3.8, 4) is 0 Å². The molecule has 112 valence electrons. The number of rotatable bonds is 4. The van der Waals surface area contributed by atoms with Crippen molar-refractivity contribution in [2.75, 3.05) is 0 Å². The van der Waals surface area contributed by atoms with Gasteiger partial charge in [-0.15, -0.1) is 0 Å². The van der Waals surface area contributed by atoms with Gasteiger partial charge in [0.2, 0.25) is 0 Å². The molecule has 1 fully saturated rings. The molecular weight excluding hydrogens is 246 g/mol. The molecule has 1 aliphatic heterocycles. The Bertz CT molecular complexity index is 464. The van der Waals surface area contributed by atoms with Crippen molar-refractivity contribution in [3.05, 3.63) is 35.4 Å². The van der Waals surface area contributed by atoms with Crippen LogP contribution >= 0.6 is 0 Å². The Morgan fingerprint density at radius 1 is 1.25 bits per heavy atom. The van der Waals surface area contributed by atoms with Crippen LogP contribution in [-0.4, -0.2) is 17.2 Å². The van der Waals surface area contributed by atoms with Crippen LogP contribution in [-0.2, 0) is 11.2 Å². The Hall–Kier alpha value is -0.860. The summed E-state index contributed by atoms with van der Waals surface area (Å²) in [5.74, 6) is 0.432. The van der Waals surface area contributed by atoms with Crippen molar-refractivity contribution in [1.29, 1.82) is 0 Å². The topological polar surface area (TPSA) is 35.2 Å². The van der Waals surface area contributed by atoms with Crippen molar-refractivity contribution in [2.24, 2.45) is 11.7 Å². The first-order valence-electron chi connectivity index (χ1n) is 7.71. The molecule has 20 heavy (non-hydrogen) atoms. The summed E-state index contributed by atoms with van der Waals surface area (Å²) in [5.41, 5.74) is 9.11. The second-order valence-corrected chi connectivity index (χ2v) is 7.40. The van der Waals surface area contributed by atoms with E-state index < -0.39 is 0 Å². The van der Waals surface area contributed by atoms with Crippen LogP contribution in [0.2, 0.25) is 0 Å². The van der Waals surface area contributed by atoms with Gasteiger partial charge in [-0.25, -0.2) is 0 Å². The van der Waals surface area contributed by atoms with Gasteiger partial charge >= 0.3 is 0 Å². The normalized spacial score (nSPS) is 25.6. The largest absolute Gasteiger partial charge is 0.369 e. The van der Waals surface area contributed by atoms with E-state index in [4.69, 9.17) is 10.5 Å². The van der Waals surface area contributed by atoms with E-state index in [0.717, 1.165) is 19.3 Å². The van der Waals surface area contributed by atoms with Crippen molar-refractivity contribution < 1.29 is 4.74 Å². The molecule has 0 amide bonds. The smallest absolute Gasteiger partial charge is 0.0677 e. The minimum absolute atomic E-state index is 0.0472. The minimum Gasteiger partial charge on any atom is -0.369 e. The maximum absolute atomic E-state index is 6.49. The van der Waals surface area contributed by atoms with E-state index in [1.54, 1.807) is 0 Å². The van der Waals surface area contributed by atoms with E-state index in [2.05, 4.69) is 58.9 Å². The van der Waals surface area contributed by atoms with Crippen molar-refractivity contribution in [1.82, 2.24) is 0 Å². The average Bonchev–Trinajstić information content (AvgIpc) is 2.56. The van der Waals surface area contributed by atoms with E-state index in [0.29, 0.717) is 5.92 Å². The predicted octanol–water partition coefficient (Wildman–Crippen LogP) is 3.85. The number of hydrogen-bond donors (Lipinski definition) is 1. The van der Waals surface area contributed by atoms with Crippen LogP contribution in [0, 0.1) is 12.8 Å². The monoisotopic (exact) mass is 275 g/mol. The quantitative estimate of drug-likeness (QED) is 0.906. The summed E-state index contributed by atoms with van der Waals surface area (Å²) in [6.45, 7) is 10.9. The minimum atomic E-state index is -0.116. The molecule has 2 N–H and O–H groups in total. The first-order chi connectivity index (χ1) is 9.21. The summed E-state index contributed by atoms with van der Waals surface area (Å²) in [5, 5.41) is 0. The highest BCUT2D eigenvalue weighted by molar-refractivity contribution is 5.25. The molecule has 1 aromatic rings. The maximum atomic E-state index is 6.49. The number of nitrogens with two attached hydrogens (primary N) is 1. The van der Waals surface area contributed by atoms with Gasteiger partial charge in [-0.05, 0) is 65.0 Å². The SMILES string of the molecule is Cc1ccccc1CCC(N)C1CC(C)(C)OC1(C)C. The van der Waals surface area contributed by atoms with Gasteiger partial charge in [0.25, 0.3) is 0 Å². The van der Waals surface area contributed by atoms with Crippen LogP contribution < -0.4 is 5.73 Å². The van der Waals surface area contributed by atoms with Crippen LogP contribution in [0.4, 0.5) is 0 Å². The molecule has 2 rings (SSSR count). The fourth-order valence-electron chi connectivity index (χ4n) is 3.69. The van der Waals surface area contributed by atoms with Gasteiger partial charge in [-0.1, -0.05) is 24.3 Å². The summed E-state index contributed by atoms with van der Waals surface area (Å²) in [6, 6.07) is 8.79. The molecule has 1 saturated heterocycles. The van der Waals surface area contributed by atoms with E-state index in [1.165, 1.54) is 11.1 Å². The van der Waals surface area contributed by atoms with Crippen LogP contribution in [0.25, 0.3) is 0 Å². The molecule has 1 aliphatic rings. The Morgan fingerprint density at radius 2 is 1.90 bits per heavy atom. The second-order valence-electron chi connectivity index (χ2n) is 7.40. The van der Waals surface area contributed by atoms with E-state index >= 15 is 0 Å². The Labute approximate surface area is 123 Å². The van der Waals surface area contributed by atoms with Crippen LogP contribution in [0.3, 0.4) is 0 Å². The zero-order valence-corrected chi connectivity index (χ0v) is 13.6. The van der Waals surface area contributed by atoms with Gasteiger partial charge in [-0.2, -0.15) is 0 Å². The zero-order chi connectivity index (χ0) is 15.0. The fourth-order valence-corrected chi connectivity index (χ4v) is 3.69. The number of hydrogen-bond acceptors (Lipinski definition) is 2. The molecule has 2 atom stereocenters. The van der Waals surface area contributed by atoms with Crippen LogP contribution in [0.5, 0.6) is 0 Å². The second kappa shape index (κ2) is 5.50. The Kier molecular flexibility index (Phi) is 4.27. The molecule has 1 aromatic carbocycles. The molecule has 2 unspecified atom stereocenters.